The summed E-state index contributed by atoms with van der Waals surface area (Å²) in [6, 6.07) is 0. The largest absolute Gasteiger partial charge is 0.478 e. The molecule has 2 atom stereocenters. The number of aliphatic carboxylic acids is 1. The SMILES string of the molecule is C#CC.CC(=O)O[C@@H](C(=O)O)[C@H]1OCCN(/C(C)=C(C)/C=C\CC(=O)N2CCC2)C1=O. The van der Waals surface area contributed by atoms with Crippen molar-refractivity contribution >= 4 is 23.8 Å². The highest BCUT2D eigenvalue weighted by Crippen LogP contribution is 2.20. The number of rotatable bonds is 7. The van der Waals surface area contributed by atoms with Crippen molar-refractivity contribution in [3.05, 3.63) is 23.4 Å². The first-order valence-corrected chi connectivity index (χ1v) is 9.96. The first-order chi connectivity index (χ1) is 14.6. The van der Waals surface area contributed by atoms with Crippen LogP contribution in [0.1, 0.15) is 40.5 Å². The molecule has 0 unspecified atom stereocenters. The molecule has 0 aromatic heterocycles. The standard InChI is InChI=1S/C19H26N2O7.C3H4/c1-12(6-4-7-15(23)20-8-5-9-20)13(2)21-10-11-27-16(18(21)24)17(19(25)26)28-14(3)22;1-3-2/h4,6,16-17H,5,7-11H2,1-3H3,(H,25,26);1H,2H3/b6-4-,13-12+;/t16-,17-;/m1./s1. The Morgan fingerprint density at radius 2 is 1.90 bits per heavy atom. The number of terminal acetylenes is 1. The van der Waals surface area contributed by atoms with Crippen molar-refractivity contribution in [2.45, 2.75) is 52.7 Å². The third-order valence-corrected chi connectivity index (χ3v) is 4.78. The fraction of sp³-hybridized carbons (Fsp3) is 0.545. The van der Waals surface area contributed by atoms with Gasteiger partial charge in [0.1, 0.15) is 0 Å². The molecule has 2 amide bonds. The number of nitrogens with zero attached hydrogens (tertiary/aromatic N) is 2. The van der Waals surface area contributed by atoms with Gasteiger partial charge in [-0.15, -0.1) is 12.3 Å². The van der Waals surface area contributed by atoms with Crippen molar-refractivity contribution in [1.82, 2.24) is 9.80 Å². The summed E-state index contributed by atoms with van der Waals surface area (Å²) in [5, 5.41) is 9.28. The van der Waals surface area contributed by atoms with Crippen LogP contribution >= 0.6 is 0 Å². The summed E-state index contributed by atoms with van der Waals surface area (Å²) in [4.78, 5) is 50.4. The van der Waals surface area contributed by atoms with Gasteiger partial charge in [0.15, 0.2) is 6.10 Å². The normalized spacial score (nSPS) is 20.0. The molecule has 0 aromatic carbocycles. The Morgan fingerprint density at radius 1 is 1.29 bits per heavy atom. The molecule has 0 saturated carbocycles. The van der Waals surface area contributed by atoms with E-state index in [0.29, 0.717) is 5.70 Å². The van der Waals surface area contributed by atoms with Gasteiger partial charge in [-0.05, 0) is 32.8 Å². The van der Waals surface area contributed by atoms with Crippen LogP contribution in [0.4, 0.5) is 0 Å². The Morgan fingerprint density at radius 3 is 2.39 bits per heavy atom. The van der Waals surface area contributed by atoms with E-state index in [4.69, 9.17) is 9.47 Å². The van der Waals surface area contributed by atoms with E-state index >= 15 is 0 Å². The van der Waals surface area contributed by atoms with Gasteiger partial charge in [0.05, 0.1) is 6.61 Å². The zero-order valence-corrected chi connectivity index (χ0v) is 18.4. The fourth-order valence-corrected chi connectivity index (χ4v) is 2.94. The summed E-state index contributed by atoms with van der Waals surface area (Å²) < 4.78 is 10.0. The highest BCUT2D eigenvalue weighted by molar-refractivity contribution is 5.90. The zero-order chi connectivity index (χ0) is 23.6. The number of carboxylic acid groups (broad SMARTS) is 1. The number of morpholine rings is 1. The molecule has 0 bridgehead atoms. The van der Waals surface area contributed by atoms with Gasteiger partial charge >= 0.3 is 11.9 Å². The molecule has 2 aliphatic rings. The lowest BCUT2D eigenvalue weighted by Gasteiger charge is -2.35. The van der Waals surface area contributed by atoms with E-state index in [0.717, 1.165) is 32.0 Å². The first-order valence-electron chi connectivity index (χ1n) is 9.96. The maximum Gasteiger partial charge on any atom is 0.348 e. The smallest absolute Gasteiger partial charge is 0.348 e. The van der Waals surface area contributed by atoms with Crippen molar-refractivity contribution < 1.29 is 33.8 Å². The van der Waals surface area contributed by atoms with Gasteiger partial charge in [0.25, 0.3) is 5.91 Å². The monoisotopic (exact) mass is 434 g/mol. The van der Waals surface area contributed by atoms with E-state index in [2.05, 4.69) is 12.3 Å². The molecule has 31 heavy (non-hydrogen) atoms. The Labute approximate surface area is 182 Å². The maximum atomic E-state index is 12.7. The third-order valence-electron chi connectivity index (χ3n) is 4.78. The van der Waals surface area contributed by atoms with Crippen LogP contribution in [0.15, 0.2) is 23.4 Å². The predicted molar refractivity (Wildman–Crippen MR) is 112 cm³/mol. The van der Waals surface area contributed by atoms with E-state index in [1.54, 1.807) is 37.8 Å². The summed E-state index contributed by atoms with van der Waals surface area (Å²) in [6.07, 6.45) is 6.34. The molecular formula is C22H30N2O7. The highest BCUT2D eigenvalue weighted by atomic mass is 16.6. The molecule has 2 heterocycles. The molecule has 9 heteroatoms. The van der Waals surface area contributed by atoms with Crippen molar-refractivity contribution in [1.29, 1.82) is 0 Å². The van der Waals surface area contributed by atoms with Crippen LogP contribution in [0, 0.1) is 12.3 Å². The van der Waals surface area contributed by atoms with E-state index in [9.17, 15) is 24.3 Å². The van der Waals surface area contributed by atoms with Crippen molar-refractivity contribution in [3.8, 4) is 12.3 Å². The molecule has 2 rings (SSSR count). The summed E-state index contributed by atoms with van der Waals surface area (Å²) in [5.41, 5.74) is 1.39. The second-order valence-corrected chi connectivity index (χ2v) is 7.05. The number of hydrogen-bond acceptors (Lipinski definition) is 6. The molecule has 0 aliphatic carbocycles. The topological polar surface area (TPSA) is 113 Å². The minimum absolute atomic E-state index is 0.0705. The third kappa shape index (κ3) is 7.57. The number of carbonyl (C=O) groups is 4. The molecule has 2 aliphatic heterocycles. The minimum Gasteiger partial charge on any atom is -0.478 e. The van der Waals surface area contributed by atoms with Gasteiger partial charge in [0.2, 0.25) is 12.0 Å². The summed E-state index contributed by atoms with van der Waals surface area (Å²) in [7, 11) is 0. The van der Waals surface area contributed by atoms with Gasteiger partial charge in [-0.3, -0.25) is 14.4 Å². The minimum atomic E-state index is -1.70. The Balaban J connectivity index is 0.00000151. The first kappa shape index (κ1) is 25.9. The summed E-state index contributed by atoms with van der Waals surface area (Å²) >= 11 is 0. The molecular weight excluding hydrogens is 404 g/mol. The van der Waals surface area contributed by atoms with Crippen LogP contribution in [-0.2, 0) is 28.7 Å². The van der Waals surface area contributed by atoms with Crippen LogP contribution in [0.25, 0.3) is 0 Å². The number of amides is 2. The molecule has 2 fully saturated rings. The van der Waals surface area contributed by atoms with Crippen molar-refractivity contribution in [2.24, 2.45) is 0 Å². The molecule has 1 N–H and O–H groups in total. The fourth-order valence-electron chi connectivity index (χ4n) is 2.94. The van der Waals surface area contributed by atoms with Crippen LogP contribution in [0.5, 0.6) is 0 Å². The summed E-state index contributed by atoms with van der Waals surface area (Å²) in [6.45, 7) is 8.24. The van der Waals surface area contributed by atoms with E-state index in [-0.39, 0.29) is 25.5 Å². The Bertz CT molecular complexity index is 790. The van der Waals surface area contributed by atoms with Crippen LogP contribution in [0.3, 0.4) is 0 Å². The van der Waals surface area contributed by atoms with E-state index in [1.165, 1.54) is 4.90 Å². The van der Waals surface area contributed by atoms with Crippen LogP contribution in [-0.4, -0.2) is 77.1 Å². The lowest BCUT2D eigenvalue weighted by atomic mass is 10.1. The molecule has 0 aromatic rings. The molecule has 9 nitrogen and oxygen atoms in total. The van der Waals surface area contributed by atoms with Gasteiger partial charge in [-0.2, -0.15) is 0 Å². The molecule has 2 saturated heterocycles. The maximum absolute atomic E-state index is 12.7. The van der Waals surface area contributed by atoms with Gasteiger partial charge in [-0.25, -0.2) is 4.79 Å². The zero-order valence-electron chi connectivity index (χ0n) is 18.4. The quantitative estimate of drug-likeness (QED) is 0.365. The number of likely N-dealkylation sites (tertiary alicyclic amines) is 1. The second kappa shape index (κ2) is 12.5. The van der Waals surface area contributed by atoms with Gasteiger partial charge < -0.3 is 24.4 Å². The number of hydrogen-bond donors (Lipinski definition) is 1. The van der Waals surface area contributed by atoms with Crippen molar-refractivity contribution in [3.63, 3.8) is 0 Å². The number of carboxylic acids is 1. The highest BCUT2D eigenvalue weighted by Gasteiger charge is 2.42. The molecule has 0 spiro atoms. The second-order valence-electron chi connectivity index (χ2n) is 7.05. The van der Waals surface area contributed by atoms with Crippen LogP contribution < -0.4 is 0 Å². The Kier molecular flexibility index (Phi) is 10.5. The average Bonchev–Trinajstić information content (AvgIpc) is 2.65. The van der Waals surface area contributed by atoms with Crippen molar-refractivity contribution in [2.75, 3.05) is 26.2 Å². The Hall–Kier alpha value is -3.12. The van der Waals surface area contributed by atoms with E-state index < -0.39 is 30.1 Å². The number of carbonyl (C=O) groups excluding carboxylic acids is 3. The van der Waals surface area contributed by atoms with Crippen LogP contribution in [0.2, 0.25) is 0 Å². The summed E-state index contributed by atoms with van der Waals surface area (Å²) in [5.74, 6) is -0.514. The lowest BCUT2D eigenvalue weighted by Crippen LogP contribution is -2.54. The lowest BCUT2D eigenvalue weighted by molar-refractivity contribution is -0.183. The van der Waals surface area contributed by atoms with Gasteiger partial charge in [-0.1, -0.05) is 12.2 Å². The molecule has 170 valence electrons. The van der Waals surface area contributed by atoms with Gasteiger partial charge in [0, 0.05) is 38.7 Å². The number of allylic oxidation sites excluding steroid dienone is 3. The average molecular weight is 434 g/mol. The number of ether oxygens (including phenoxy) is 2. The van der Waals surface area contributed by atoms with E-state index in [1.807, 2.05) is 0 Å². The predicted octanol–water partition coefficient (Wildman–Crippen LogP) is 1.34. The number of esters is 1. The molecule has 0 radical (unpaired) electrons.